The summed E-state index contributed by atoms with van der Waals surface area (Å²) in [5, 5.41) is 99.5. The summed E-state index contributed by atoms with van der Waals surface area (Å²) in [5.74, 6) is -5.34. The van der Waals surface area contributed by atoms with Gasteiger partial charge in [0, 0.05) is 7.11 Å². The number of carbonyl (C=O) groups is 3. The van der Waals surface area contributed by atoms with E-state index in [0.29, 0.717) is 0 Å². The van der Waals surface area contributed by atoms with Crippen LogP contribution in [-0.2, 0) is 42.8 Å². The highest BCUT2D eigenvalue weighted by Crippen LogP contribution is 2.32. The van der Waals surface area contributed by atoms with E-state index in [1.54, 1.807) is 0 Å². The predicted molar refractivity (Wildman–Crippen MR) is 108 cm³/mol. The van der Waals surface area contributed by atoms with Crippen LogP contribution >= 0.6 is 0 Å². The minimum atomic E-state index is -2.26. The molecule has 0 radical (unpaired) electrons. The van der Waals surface area contributed by atoms with Gasteiger partial charge in [-0.1, -0.05) is 0 Å². The molecule has 0 aliphatic carbocycles. The Labute approximate surface area is 211 Å². The lowest BCUT2D eigenvalue weighted by atomic mass is 9.95. The Hall–Kier alpha value is -2.11. The third-order valence-corrected chi connectivity index (χ3v) is 6.20. The Balaban J connectivity index is 1.81. The molecule has 0 saturated carbocycles. The number of rotatable bonds is 8. The maximum absolute atomic E-state index is 11.9. The maximum atomic E-state index is 11.9. The molecule has 3 aliphatic rings. The number of aliphatic carboxylic acids is 3. The van der Waals surface area contributed by atoms with Gasteiger partial charge in [0.25, 0.3) is 0 Å². The van der Waals surface area contributed by atoms with E-state index in [1.807, 2.05) is 0 Å². The summed E-state index contributed by atoms with van der Waals surface area (Å²) in [6.45, 7) is 0. The van der Waals surface area contributed by atoms with E-state index in [-0.39, 0.29) is 0 Å². The van der Waals surface area contributed by atoms with Crippen LogP contribution in [0.25, 0.3) is 0 Å². The van der Waals surface area contributed by atoms with Crippen molar-refractivity contribution >= 4 is 17.9 Å². The highest BCUT2D eigenvalue weighted by atomic mass is 16.8. The molecular weight excluding hydrogens is 532 g/mol. The fourth-order valence-electron chi connectivity index (χ4n) is 4.16. The molecular formula is C19H28O19. The highest BCUT2D eigenvalue weighted by Gasteiger charge is 2.56. The summed E-state index contributed by atoms with van der Waals surface area (Å²) in [6, 6.07) is 0. The van der Waals surface area contributed by atoms with Crippen LogP contribution in [0.5, 0.6) is 0 Å². The van der Waals surface area contributed by atoms with Crippen molar-refractivity contribution < 1.29 is 93.9 Å². The van der Waals surface area contributed by atoms with Gasteiger partial charge in [0.2, 0.25) is 0 Å². The zero-order chi connectivity index (χ0) is 28.6. The molecule has 3 rings (SSSR count). The van der Waals surface area contributed by atoms with Crippen LogP contribution in [0.3, 0.4) is 0 Å². The number of hydrogen-bond donors (Lipinski definition) is 10. The van der Waals surface area contributed by atoms with E-state index in [4.69, 9.17) is 33.5 Å². The first-order chi connectivity index (χ1) is 17.7. The second-order valence-electron chi connectivity index (χ2n) is 8.66. The van der Waals surface area contributed by atoms with Gasteiger partial charge in [0.15, 0.2) is 37.2 Å². The summed E-state index contributed by atoms with van der Waals surface area (Å²) in [5.41, 5.74) is 0. The van der Waals surface area contributed by atoms with E-state index in [2.05, 4.69) is 0 Å². The molecule has 10 N–H and O–H groups in total. The number of aliphatic hydroxyl groups is 7. The van der Waals surface area contributed by atoms with Gasteiger partial charge in [0.1, 0.15) is 54.9 Å². The van der Waals surface area contributed by atoms with Gasteiger partial charge < -0.3 is 79.5 Å². The molecule has 0 amide bonds. The first-order valence-electron chi connectivity index (χ1n) is 11.0. The van der Waals surface area contributed by atoms with Crippen molar-refractivity contribution in [3.05, 3.63) is 0 Å². The largest absolute Gasteiger partial charge is 0.479 e. The van der Waals surface area contributed by atoms with Gasteiger partial charge in [-0.05, 0) is 0 Å². The van der Waals surface area contributed by atoms with E-state index in [1.165, 1.54) is 0 Å². The molecule has 0 spiro atoms. The van der Waals surface area contributed by atoms with E-state index < -0.39 is 110 Å². The van der Waals surface area contributed by atoms with E-state index in [0.717, 1.165) is 7.11 Å². The van der Waals surface area contributed by atoms with Crippen molar-refractivity contribution in [3.8, 4) is 0 Å². The molecule has 0 aromatic carbocycles. The normalized spacial score (nSPS) is 47.8. The molecule has 0 aromatic rings. The standard InChI is InChI=1S/C19H28O19/c1-33-17-7(25)4(22)9(12(37-17)15(29)30)35-19-8(26)5(23)10(13(38-19)16(31)32)34-18-6(24)2(20)3(21)11(36-18)14(27)28/h2-13,17-26H,1H3,(H,27,28)(H,29,30)(H,31,32)/t2-,3+,4+,5+,6+,7+,8+,9+,10+,11-,12-,13-,17-,18-,19-/m0/s1. The average Bonchev–Trinajstić information content (AvgIpc) is 2.85. The van der Waals surface area contributed by atoms with Gasteiger partial charge in [-0.25, -0.2) is 14.4 Å². The van der Waals surface area contributed by atoms with Crippen LogP contribution < -0.4 is 0 Å². The van der Waals surface area contributed by atoms with Crippen LogP contribution in [-0.4, -0.2) is 168 Å². The lowest BCUT2D eigenvalue weighted by Crippen LogP contribution is -2.67. The lowest BCUT2D eigenvalue weighted by Gasteiger charge is -2.46. The minimum absolute atomic E-state index is 1.05. The second-order valence-corrected chi connectivity index (χ2v) is 8.66. The van der Waals surface area contributed by atoms with Crippen LogP contribution in [0, 0.1) is 0 Å². The van der Waals surface area contributed by atoms with Gasteiger partial charge in [-0.2, -0.15) is 0 Å². The zero-order valence-corrected chi connectivity index (χ0v) is 19.3. The van der Waals surface area contributed by atoms with Crippen molar-refractivity contribution in [2.24, 2.45) is 0 Å². The SMILES string of the molecule is CO[C@H]1O[C@H](C(=O)O)[C@H](O[C@H]2O[C@H](C(=O)O)[C@H](O[C@H]3O[C@H](C(=O)O)[C@H](O)[C@H](O)[C@H]3O)[C@H](O)[C@H]2O)[C@H](O)[C@H]1O. The van der Waals surface area contributed by atoms with Crippen LogP contribution in [0.2, 0.25) is 0 Å². The molecule has 3 fully saturated rings. The Morgan fingerprint density at radius 2 is 0.842 bits per heavy atom. The first kappa shape index (κ1) is 30.4. The monoisotopic (exact) mass is 560 g/mol. The summed E-state index contributed by atoms with van der Waals surface area (Å²) < 4.78 is 30.2. The quantitative estimate of drug-likeness (QED) is 0.132. The molecule has 3 saturated heterocycles. The molecule has 218 valence electrons. The van der Waals surface area contributed by atoms with E-state index in [9.17, 15) is 60.3 Å². The molecule has 3 heterocycles. The minimum Gasteiger partial charge on any atom is -0.479 e. The van der Waals surface area contributed by atoms with Crippen molar-refractivity contribution in [1.82, 2.24) is 0 Å². The number of ether oxygens (including phenoxy) is 6. The van der Waals surface area contributed by atoms with Gasteiger partial charge in [-0.15, -0.1) is 0 Å². The highest BCUT2D eigenvalue weighted by molar-refractivity contribution is 5.74. The van der Waals surface area contributed by atoms with Crippen molar-refractivity contribution in [1.29, 1.82) is 0 Å². The molecule has 0 unspecified atom stereocenters. The fourth-order valence-corrected chi connectivity index (χ4v) is 4.16. The molecule has 0 bridgehead atoms. The Morgan fingerprint density at radius 3 is 1.24 bits per heavy atom. The predicted octanol–water partition coefficient (Wildman–Crippen LogP) is -6.64. The third-order valence-electron chi connectivity index (χ3n) is 6.20. The summed E-state index contributed by atoms with van der Waals surface area (Å²) in [7, 11) is 1.05. The number of carboxylic acid groups (broad SMARTS) is 3. The Kier molecular flexibility index (Phi) is 9.58. The summed E-state index contributed by atoms with van der Waals surface area (Å²) >= 11 is 0. The van der Waals surface area contributed by atoms with Crippen LogP contribution in [0.1, 0.15) is 0 Å². The molecule has 38 heavy (non-hydrogen) atoms. The van der Waals surface area contributed by atoms with Crippen LogP contribution in [0.15, 0.2) is 0 Å². The lowest BCUT2D eigenvalue weighted by molar-refractivity contribution is -0.369. The third kappa shape index (κ3) is 5.74. The number of methoxy groups -OCH3 is 1. The second kappa shape index (κ2) is 12.0. The molecule has 19 heteroatoms. The Morgan fingerprint density at radius 1 is 0.500 bits per heavy atom. The number of hydrogen-bond acceptors (Lipinski definition) is 16. The molecule has 15 atom stereocenters. The van der Waals surface area contributed by atoms with Crippen LogP contribution in [0.4, 0.5) is 0 Å². The van der Waals surface area contributed by atoms with Crippen molar-refractivity contribution in [2.45, 2.75) is 92.1 Å². The van der Waals surface area contributed by atoms with Gasteiger partial charge in [-0.3, -0.25) is 0 Å². The first-order valence-corrected chi connectivity index (χ1v) is 11.0. The van der Waals surface area contributed by atoms with Gasteiger partial charge in [0.05, 0.1) is 0 Å². The summed E-state index contributed by atoms with van der Waals surface area (Å²) in [6.07, 6.45) is -31.2. The molecule has 3 aliphatic heterocycles. The molecule has 19 nitrogen and oxygen atoms in total. The molecule has 0 aromatic heterocycles. The summed E-state index contributed by atoms with van der Waals surface area (Å²) in [4.78, 5) is 34.8. The topological polar surface area (TPSA) is 309 Å². The van der Waals surface area contributed by atoms with E-state index >= 15 is 0 Å². The fraction of sp³-hybridized carbons (Fsp3) is 0.842. The Bertz CT molecular complexity index is 869. The maximum Gasteiger partial charge on any atom is 0.335 e. The van der Waals surface area contributed by atoms with Gasteiger partial charge >= 0.3 is 17.9 Å². The van der Waals surface area contributed by atoms with Crippen molar-refractivity contribution in [2.75, 3.05) is 7.11 Å². The zero-order valence-electron chi connectivity index (χ0n) is 19.3. The number of aliphatic hydroxyl groups excluding tert-OH is 7. The smallest absolute Gasteiger partial charge is 0.335 e. The average molecular weight is 560 g/mol. The number of carboxylic acids is 3. The van der Waals surface area contributed by atoms with Crippen molar-refractivity contribution in [3.63, 3.8) is 0 Å².